The number of carbonyl (C=O) groups is 1. The van der Waals surface area contributed by atoms with E-state index >= 15 is 0 Å². The Kier molecular flexibility index (Phi) is 6.23. The first-order chi connectivity index (χ1) is 12.3. The number of methoxy groups -OCH3 is 1. The van der Waals surface area contributed by atoms with E-state index in [4.69, 9.17) is 4.74 Å². The predicted molar refractivity (Wildman–Crippen MR) is 98.1 cm³/mol. The first kappa shape index (κ1) is 19.7. The molecule has 0 aliphatic heterocycles. The largest absolute Gasteiger partial charge is 0.507 e. The highest BCUT2D eigenvalue weighted by Gasteiger charge is 2.20. The fourth-order valence-corrected chi connectivity index (χ4v) is 3.60. The molecule has 0 atom stereocenters. The molecule has 0 fully saturated rings. The van der Waals surface area contributed by atoms with Gasteiger partial charge in [-0.15, -0.1) is 0 Å². The lowest BCUT2D eigenvalue weighted by molar-refractivity contribution is 0.0951. The van der Waals surface area contributed by atoms with Gasteiger partial charge < -0.3 is 15.2 Å². The molecule has 2 aromatic rings. The Labute approximate surface area is 153 Å². The Morgan fingerprint density at radius 1 is 1.12 bits per heavy atom. The van der Waals surface area contributed by atoms with Crippen LogP contribution in [-0.4, -0.2) is 39.6 Å². The van der Waals surface area contributed by atoms with Crippen LogP contribution in [0.3, 0.4) is 0 Å². The van der Waals surface area contributed by atoms with Crippen LogP contribution in [0.25, 0.3) is 0 Å². The molecule has 2 aromatic carbocycles. The summed E-state index contributed by atoms with van der Waals surface area (Å²) in [5, 5.41) is 12.2. The predicted octanol–water partition coefficient (Wildman–Crippen LogP) is 1.73. The monoisotopic (exact) mass is 378 g/mol. The van der Waals surface area contributed by atoms with Crippen LogP contribution in [0.4, 0.5) is 0 Å². The standard InChI is InChI=1S/C18H22N2O5S/c1-12-10-16(25-3)17(11-13(12)2)26(23,24)20-9-8-19-18(22)14-6-4-5-7-15(14)21/h4-7,10-11,20-21H,8-9H2,1-3H3,(H,19,22). The number of rotatable bonds is 7. The number of sulfonamides is 1. The van der Waals surface area contributed by atoms with Crippen LogP contribution in [0, 0.1) is 13.8 Å². The zero-order chi connectivity index (χ0) is 19.3. The van der Waals surface area contributed by atoms with Crippen LogP contribution in [0.15, 0.2) is 41.3 Å². The maximum atomic E-state index is 12.5. The molecular weight excluding hydrogens is 356 g/mol. The number of hydrogen-bond acceptors (Lipinski definition) is 5. The smallest absolute Gasteiger partial charge is 0.255 e. The maximum Gasteiger partial charge on any atom is 0.255 e. The normalized spacial score (nSPS) is 11.2. The van der Waals surface area contributed by atoms with Gasteiger partial charge in [-0.1, -0.05) is 12.1 Å². The molecule has 7 nitrogen and oxygen atoms in total. The van der Waals surface area contributed by atoms with Crippen LogP contribution >= 0.6 is 0 Å². The third-order valence-corrected chi connectivity index (χ3v) is 5.40. The number of aryl methyl sites for hydroxylation is 2. The SMILES string of the molecule is COc1cc(C)c(C)cc1S(=O)(=O)NCCNC(=O)c1ccccc1O. The number of aromatic hydroxyl groups is 1. The van der Waals surface area contributed by atoms with Gasteiger partial charge in [-0.2, -0.15) is 0 Å². The number of benzene rings is 2. The average molecular weight is 378 g/mol. The molecule has 0 saturated carbocycles. The van der Waals surface area contributed by atoms with Crippen molar-refractivity contribution in [1.29, 1.82) is 0 Å². The summed E-state index contributed by atoms with van der Waals surface area (Å²) in [6.45, 7) is 3.76. The molecule has 0 aromatic heterocycles. The number of ether oxygens (including phenoxy) is 1. The van der Waals surface area contributed by atoms with Crippen LogP contribution in [-0.2, 0) is 10.0 Å². The van der Waals surface area contributed by atoms with Gasteiger partial charge in [0.2, 0.25) is 10.0 Å². The van der Waals surface area contributed by atoms with Crippen molar-refractivity contribution in [3.63, 3.8) is 0 Å². The van der Waals surface area contributed by atoms with E-state index < -0.39 is 15.9 Å². The second-order valence-corrected chi connectivity index (χ2v) is 7.49. The van der Waals surface area contributed by atoms with Crippen LogP contribution in [0.2, 0.25) is 0 Å². The highest BCUT2D eigenvalue weighted by molar-refractivity contribution is 7.89. The number of phenols is 1. The molecular formula is C18H22N2O5S. The zero-order valence-corrected chi connectivity index (χ0v) is 15.7. The van der Waals surface area contributed by atoms with Crippen molar-refractivity contribution in [3.8, 4) is 11.5 Å². The zero-order valence-electron chi connectivity index (χ0n) is 14.9. The van der Waals surface area contributed by atoms with Crippen molar-refractivity contribution in [2.24, 2.45) is 0 Å². The van der Waals surface area contributed by atoms with E-state index in [1.54, 1.807) is 24.3 Å². The van der Waals surface area contributed by atoms with Gasteiger partial charge in [0.05, 0.1) is 12.7 Å². The molecule has 26 heavy (non-hydrogen) atoms. The second kappa shape index (κ2) is 8.20. The van der Waals surface area contributed by atoms with Crippen molar-refractivity contribution in [2.75, 3.05) is 20.2 Å². The molecule has 1 amide bonds. The van der Waals surface area contributed by atoms with Crippen LogP contribution in [0.5, 0.6) is 11.5 Å². The third-order valence-electron chi connectivity index (χ3n) is 3.92. The van der Waals surface area contributed by atoms with E-state index in [9.17, 15) is 18.3 Å². The Morgan fingerprint density at radius 3 is 2.42 bits per heavy atom. The van der Waals surface area contributed by atoms with Gasteiger partial charge in [0.25, 0.3) is 5.91 Å². The van der Waals surface area contributed by atoms with Gasteiger partial charge in [-0.25, -0.2) is 13.1 Å². The van der Waals surface area contributed by atoms with Crippen LogP contribution in [0.1, 0.15) is 21.5 Å². The molecule has 0 aliphatic carbocycles. The van der Waals surface area contributed by atoms with Gasteiger partial charge in [0, 0.05) is 13.1 Å². The number of amides is 1. The molecule has 140 valence electrons. The van der Waals surface area contributed by atoms with Crippen molar-refractivity contribution in [2.45, 2.75) is 18.7 Å². The number of hydrogen-bond donors (Lipinski definition) is 3. The summed E-state index contributed by atoms with van der Waals surface area (Å²) in [5.41, 5.74) is 1.89. The van der Waals surface area contributed by atoms with E-state index in [-0.39, 0.29) is 35.0 Å². The summed E-state index contributed by atoms with van der Waals surface area (Å²) in [7, 11) is -2.38. The van der Waals surface area contributed by atoms with Crippen LogP contribution < -0.4 is 14.8 Å². The van der Waals surface area contributed by atoms with E-state index in [0.29, 0.717) is 0 Å². The number of carbonyl (C=O) groups excluding carboxylic acids is 1. The molecule has 0 radical (unpaired) electrons. The minimum atomic E-state index is -3.79. The molecule has 2 rings (SSSR count). The molecule has 0 aliphatic rings. The lowest BCUT2D eigenvalue weighted by Crippen LogP contribution is -2.34. The van der Waals surface area contributed by atoms with Gasteiger partial charge in [-0.3, -0.25) is 4.79 Å². The van der Waals surface area contributed by atoms with Crippen molar-refractivity contribution < 1.29 is 23.1 Å². The minimum Gasteiger partial charge on any atom is -0.507 e. The molecule has 0 unspecified atom stereocenters. The van der Waals surface area contributed by atoms with Gasteiger partial charge >= 0.3 is 0 Å². The number of phenolic OH excluding ortho intramolecular Hbond substituents is 1. The summed E-state index contributed by atoms with van der Waals surface area (Å²) in [5.74, 6) is -0.352. The fourth-order valence-electron chi connectivity index (χ4n) is 2.33. The van der Waals surface area contributed by atoms with Gasteiger partial charge in [0.15, 0.2) is 0 Å². The third kappa shape index (κ3) is 4.53. The Morgan fingerprint density at radius 2 is 1.77 bits per heavy atom. The highest BCUT2D eigenvalue weighted by atomic mass is 32.2. The quantitative estimate of drug-likeness (QED) is 0.637. The Balaban J connectivity index is 2.00. The fraction of sp³-hybridized carbons (Fsp3) is 0.278. The molecule has 0 saturated heterocycles. The first-order valence-electron chi connectivity index (χ1n) is 7.97. The minimum absolute atomic E-state index is 0.00223. The number of para-hydroxylation sites is 1. The van der Waals surface area contributed by atoms with Gasteiger partial charge in [0.1, 0.15) is 16.4 Å². The summed E-state index contributed by atoms with van der Waals surface area (Å²) < 4.78 is 32.6. The summed E-state index contributed by atoms with van der Waals surface area (Å²) in [6.07, 6.45) is 0. The van der Waals surface area contributed by atoms with E-state index in [1.807, 2.05) is 13.8 Å². The average Bonchev–Trinajstić information content (AvgIpc) is 2.60. The highest BCUT2D eigenvalue weighted by Crippen LogP contribution is 2.27. The maximum absolute atomic E-state index is 12.5. The summed E-state index contributed by atoms with van der Waals surface area (Å²) in [4.78, 5) is 12.0. The first-order valence-corrected chi connectivity index (χ1v) is 9.45. The lowest BCUT2D eigenvalue weighted by atomic mass is 10.1. The number of nitrogens with one attached hydrogen (secondary N) is 2. The van der Waals surface area contributed by atoms with Gasteiger partial charge in [-0.05, 0) is 49.2 Å². The topological polar surface area (TPSA) is 105 Å². The Hall–Kier alpha value is -2.58. The van der Waals surface area contributed by atoms with E-state index in [2.05, 4.69) is 10.0 Å². The van der Waals surface area contributed by atoms with E-state index in [0.717, 1.165) is 11.1 Å². The Bertz CT molecular complexity index is 910. The van der Waals surface area contributed by atoms with Crippen molar-refractivity contribution in [1.82, 2.24) is 10.0 Å². The second-order valence-electron chi connectivity index (χ2n) is 5.76. The van der Waals surface area contributed by atoms with Crippen molar-refractivity contribution >= 4 is 15.9 Å². The molecule has 0 spiro atoms. The summed E-state index contributed by atoms with van der Waals surface area (Å²) >= 11 is 0. The molecule has 3 N–H and O–H groups in total. The lowest BCUT2D eigenvalue weighted by Gasteiger charge is -2.13. The molecule has 0 heterocycles. The molecule has 8 heteroatoms. The molecule has 0 bridgehead atoms. The summed E-state index contributed by atoms with van der Waals surface area (Å²) in [6, 6.07) is 9.35. The van der Waals surface area contributed by atoms with E-state index in [1.165, 1.54) is 19.2 Å². The van der Waals surface area contributed by atoms with Crippen molar-refractivity contribution in [3.05, 3.63) is 53.1 Å².